The Balaban J connectivity index is 3.24. The number of nitrogens with two attached hydrogens (primary N) is 1. The first kappa shape index (κ1) is 18.6. The van der Waals surface area contributed by atoms with E-state index in [-0.39, 0.29) is 10.6 Å². The summed E-state index contributed by atoms with van der Waals surface area (Å²) in [7, 11) is -3.59. The number of benzene rings is 1. The fraction of sp³-hybridized carbons (Fsp3) is 0.357. The molecule has 0 aliphatic rings. The van der Waals surface area contributed by atoms with Gasteiger partial charge in [-0.15, -0.1) is 0 Å². The van der Waals surface area contributed by atoms with Gasteiger partial charge in [0.25, 0.3) is 0 Å². The van der Waals surface area contributed by atoms with Crippen LogP contribution in [0.3, 0.4) is 0 Å². The van der Waals surface area contributed by atoms with Crippen LogP contribution in [-0.2, 0) is 10.0 Å². The first-order chi connectivity index (χ1) is 10.8. The van der Waals surface area contributed by atoms with Gasteiger partial charge in [0, 0.05) is 13.1 Å². The zero-order valence-corrected chi connectivity index (χ0v) is 14.1. The van der Waals surface area contributed by atoms with Crippen molar-refractivity contribution >= 4 is 27.3 Å². The van der Waals surface area contributed by atoms with Crippen LogP contribution in [-0.4, -0.2) is 37.4 Å². The van der Waals surface area contributed by atoms with Gasteiger partial charge in [-0.05, 0) is 24.6 Å². The van der Waals surface area contributed by atoms with Crippen LogP contribution in [0.25, 0.3) is 0 Å². The van der Waals surface area contributed by atoms with Crippen molar-refractivity contribution in [2.45, 2.75) is 25.7 Å². The number of sulfonamides is 1. The molecule has 0 bridgehead atoms. The van der Waals surface area contributed by atoms with Gasteiger partial charge < -0.3 is 5.73 Å². The highest BCUT2D eigenvalue weighted by Gasteiger charge is 2.22. The topological polar surface area (TPSA) is 135 Å². The van der Waals surface area contributed by atoms with Gasteiger partial charge in [0.15, 0.2) is 5.84 Å². The van der Waals surface area contributed by atoms with E-state index in [1.54, 1.807) is 32.9 Å². The number of nitriles is 1. The Morgan fingerprint density at radius 2 is 2.04 bits per heavy atom. The van der Waals surface area contributed by atoms with E-state index in [4.69, 9.17) is 16.4 Å². The van der Waals surface area contributed by atoms with Gasteiger partial charge in [-0.2, -0.15) is 14.7 Å². The molecule has 0 saturated heterocycles. The molecule has 0 aromatic heterocycles. The average Bonchev–Trinajstić information content (AvgIpc) is 2.49. The molecular weight excluding hydrogens is 316 g/mol. The molecule has 0 aliphatic heterocycles. The van der Waals surface area contributed by atoms with E-state index in [1.807, 2.05) is 0 Å². The van der Waals surface area contributed by atoms with Gasteiger partial charge in [0.1, 0.15) is 6.07 Å². The molecule has 4 N–H and O–H groups in total. The van der Waals surface area contributed by atoms with E-state index < -0.39 is 15.9 Å². The minimum absolute atomic E-state index is 0.130. The number of aryl methyl sites for hydroxylation is 1. The standard InChI is InChI=1S/C14H20N6O2S/c1-4-20(5-2)23(21,22)11-7-6-10(3)12(8-11)18-19-13(9-15)14(16)17/h6-8,18H,4-5H2,1-3H3,(H3,16,17)/b19-13+. The van der Waals surface area contributed by atoms with E-state index in [0.29, 0.717) is 18.8 Å². The van der Waals surface area contributed by atoms with Crippen LogP contribution in [0.4, 0.5) is 5.69 Å². The van der Waals surface area contributed by atoms with Crippen molar-refractivity contribution in [1.29, 1.82) is 10.7 Å². The summed E-state index contributed by atoms with van der Waals surface area (Å²) in [5, 5.41) is 19.7. The molecule has 0 atom stereocenters. The van der Waals surface area contributed by atoms with Crippen molar-refractivity contribution in [3.63, 3.8) is 0 Å². The number of nitrogens with one attached hydrogen (secondary N) is 2. The first-order valence-corrected chi connectivity index (χ1v) is 8.40. The van der Waals surface area contributed by atoms with Crippen molar-refractivity contribution in [1.82, 2.24) is 4.31 Å². The summed E-state index contributed by atoms with van der Waals surface area (Å²) in [6.45, 7) is 6.05. The molecular formula is C14H20N6O2S. The Morgan fingerprint density at radius 3 is 2.52 bits per heavy atom. The van der Waals surface area contributed by atoms with Gasteiger partial charge >= 0.3 is 0 Å². The van der Waals surface area contributed by atoms with Crippen molar-refractivity contribution in [2.24, 2.45) is 10.8 Å². The van der Waals surface area contributed by atoms with Crippen molar-refractivity contribution in [2.75, 3.05) is 18.5 Å². The monoisotopic (exact) mass is 336 g/mol. The number of anilines is 1. The minimum Gasteiger partial charge on any atom is -0.382 e. The van der Waals surface area contributed by atoms with Crippen LogP contribution in [0.5, 0.6) is 0 Å². The molecule has 8 nitrogen and oxygen atoms in total. The van der Waals surface area contributed by atoms with E-state index in [0.717, 1.165) is 5.56 Å². The average molecular weight is 336 g/mol. The fourth-order valence-electron chi connectivity index (χ4n) is 1.86. The largest absolute Gasteiger partial charge is 0.382 e. The molecule has 1 aromatic carbocycles. The number of hydrazone groups is 1. The zero-order chi connectivity index (χ0) is 17.6. The Labute approximate surface area is 136 Å². The SMILES string of the molecule is CCN(CC)S(=O)(=O)c1ccc(C)c(N/N=C(\C#N)C(=N)N)c1. The Kier molecular flexibility index (Phi) is 6.24. The lowest BCUT2D eigenvalue weighted by atomic mass is 10.2. The summed E-state index contributed by atoms with van der Waals surface area (Å²) < 4.78 is 26.4. The molecule has 1 aromatic rings. The summed E-state index contributed by atoms with van der Waals surface area (Å²) in [5.41, 5.74) is 8.70. The predicted molar refractivity (Wildman–Crippen MR) is 89.9 cm³/mol. The third kappa shape index (κ3) is 4.28. The lowest BCUT2D eigenvalue weighted by molar-refractivity contribution is 0.445. The number of amidine groups is 1. The smallest absolute Gasteiger partial charge is 0.243 e. The summed E-state index contributed by atoms with van der Waals surface area (Å²) in [6.07, 6.45) is 0. The molecule has 1 rings (SSSR count). The summed E-state index contributed by atoms with van der Waals surface area (Å²) in [5.74, 6) is -0.468. The molecule has 0 radical (unpaired) electrons. The van der Waals surface area contributed by atoms with Gasteiger partial charge in [-0.1, -0.05) is 19.9 Å². The van der Waals surface area contributed by atoms with E-state index in [1.165, 1.54) is 16.4 Å². The van der Waals surface area contributed by atoms with Crippen LogP contribution >= 0.6 is 0 Å². The van der Waals surface area contributed by atoms with Gasteiger partial charge in [0.05, 0.1) is 10.6 Å². The highest BCUT2D eigenvalue weighted by atomic mass is 32.2. The molecule has 23 heavy (non-hydrogen) atoms. The van der Waals surface area contributed by atoms with Crippen LogP contribution < -0.4 is 11.2 Å². The maximum atomic E-state index is 12.5. The lowest BCUT2D eigenvalue weighted by Gasteiger charge is -2.19. The van der Waals surface area contributed by atoms with Crippen molar-refractivity contribution < 1.29 is 8.42 Å². The molecule has 0 saturated carbocycles. The maximum absolute atomic E-state index is 12.5. The predicted octanol–water partition coefficient (Wildman–Crippen LogP) is 1.25. The van der Waals surface area contributed by atoms with Crippen molar-refractivity contribution in [3.05, 3.63) is 23.8 Å². The maximum Gasteiger partial charge on any atom is 0.243 e. The minimum atomic E-state index is -3.59. The molecule has 0 fully saturated rings. The lowest BCUT2D eigenvalue weighted by Crippen LogP contribution is -2.30. The van der Waals surface area contributed by atoms with Gasteiger partial charge in [-0.3, -0.25) is 10.8 Å². The molecule has 124 valence electrons. The number of nitrogens with zero attached hydrogens (tertiary/aromatic N) is 3. The zero-order valence-electron chi connectivity index (χ0n) is 13.3. The highest BCUT2D eigenvalue weighted by molar-refractivity contribution is 7.89. The van der Waals surface area contributed by atoms with Gasteiger partial charge in [-0.25, -0.2) is 8.42 Å². The number of rotatable bonds is 7. The molecule has 9 heteroatoms. The van der Waals surface area contributed by atoms with Crippen LogP contribution in [0, 0.1) is 23.7 Å². The second-order valence-corrected chi connectivity index (χ2v) is 6.60. The molecule has 0 amide bonds. The van der Waals surface area contributed by atoms with E-state index in [9.17, 15) is 8.42 Å². The second kappa shape index (κ2) is 7.71. The second-order valence-electron chi connectivity index (χ2n) is 4.66. The first-order valence-electron chi connectivity index (χ1n) is 6.96. The summed E-state index contributed by atoms with van der Waals surface area (Å²) in [4.78, 5) is 0.130. The number of hydrogen-bond acceptors (Lipinski definition) is 6. The Morgan fingerprint density at radius 1 is 1.43 bits per heavy atom. The number of hydrogen-bond donors (Lipinski definition) is 3. The quantitative estimate of drug-likeness (QED) is 0.391. The molecule has 0 heterocycles. The molecule has 0 unspecified atom stereocenters. The molecule has 0 aliphatic carbocycles. The van der Waals surface area contributed by atoms with E-state index >= 15 is 0 Å². The van der Waals surface area contributed by atoms with Crippen LogP contribution in [0.1, 0.15) is 19.4 Å². The highest BCUT2D eigenvalue weighted by Crippen LogP contribution is 2.23. The Bertz CT molecular complexity index is 760. The van der Waals surface area contributed by atoms with Crippen LogP contribution in [0.15, 0.2) is 28.2 Å². The third-order valence-electron chi connectivity index (χ3n) is 3.20. The van der Waals surface area contributed by atoms with Crippen LogP contribution in [0.2, 0.25) is 0 Å². The summed E-state index contributed by atoms with van der Waals surface area (Å²) in [6, 6.07) is 6.30. The molecule has 0 spiro atoms. The normalized spacial score (nSPS) is 12.0. The third-order valence-corrected chi connectivity index (χ3v) is 5.25. The van der Waals surface area contributed by atoms with Crippen molar-refractivity contribution in [3.8, 4) is 6.07 Å². The van der Waals surface area contributed by atoms with E-state index in [2.05, 4.69) is 10.5 Å². The van der Waals surface area contributed by atoms with Gasteiger partial charge in [0.2, 0.25) is 15.7 Å². The summed E-state index contributed by atoms with van der Waals surface area (Å²) >= 11 is 0. The fourth-order valence-corrected chi connectivity index (χ4v) is 3.34. The Hall–Kier alpha value is -2.44.